The Labute approximate surface area is 136 Å². The minimum atomic E-state index is -3.72. The van der Waals surface area contributed by atoms with E-state index in [0.29, 0.717) is 5.75 Å². The van der Waals surface area contributed by atoms with E-state index < -0.39 is 10.0 Å². The van der Waals surface area contributed by atoms with Crippen LogP contribution in [0, 0.1) is 13.8 Å². The van der Waals surface area contributed by atoms with Gasteiger partial charge in [0.15, 0.2) is 0 Å². The predicted molar refractivity (Wildman–Crippen MR) is 86.3 cm³/mol. The van der Waals surface area contributed by atoms with Gasteiger partial charge in [-0.05, 0) is 26.0 Å². The first-order valence-corrected chi connectivity index (χ1v) is 8.49. The largest absolute Gasteiger partial charge is 0.497 e. The molecule has 126 valence electrons. The number of aryl methyl sites for hydroxylation is 2. The molecule has 0 atom stereocenters. The van der Waals surface area contributed by atoms with E-state index in [0.717, 1.165) is 17.0 Å². The molecule has 2 rings (SSSR count). The van der Waals surface area contributed by atoms with Gasteiger partial charge in [0.05, 0.1) is 19.9 Å². The van der Waals surface area contributed by atoms with E-state index in [-0.39, 0.29) is 17.2 Å². The SMILES string of the molecule is COc1ccc(S(=O)(=O)NCc2c(C)nn(C)c2C)c(OC)c1. The third-order valence-corrected chi connectivity index (χ3v) is 5.20. The van der Waals surface area contributed by atoms with Crippen molar-refractivity contribution < 1.29 is 17.9 Å². The Kier molecular flexibility index (Phi) is 4.96. The van der Waals surface area contributed by atoms with E-state index in [9.17, 15) is 8.42 Å². The minimum Gasteiger partial charge on any atom is -0.497 e. The molecule has 23 heavy (non-hydrogen) atoms. The van der Waals surface area contributed by atoms with E-state index in [1.165, 1.54) is 26.4 Å². The number of hydrogen-bond acceptors (Lipinski definition) is 5. The van der Waals surface area contributed by atoms with Crippen molar-refractivity contribution in [2.75, 3.05) is 14.2 Å². The molecule has 1 aromatic carbocycles. The Morgan fingerprint density at radius 1 is 1.22 bits per heavy atom. The van der Waals surface area contributed by atoms with Crippen molar-refractivity contribution in [3.63, 3.8) is 0 Å². The lowest BCUT2D eigenvalue weighted by atomic mass is 10.2. The van der Waals surface area contributed by atoms with Gasteiger partial charge in [-0.2, -0.15) is 5.10 Å². The molecule has 1 N–H and O–H groups in total. The second kappa shape index (κ2) is 6.59. The Balaban J connectivity index is 2.29. The van der Waals surface area contributed by atoms with Crippen LogP contribution in [0.4, 0.5) is 0 Å². The number of benzene rings is 1. The Bertz CT molecular complexity index is 812. The zero-order chi connectivity index (χ0) is 17.2. The van der Waals surface area contributed by atoms with Crippen LogP contribution in [0.1, 0.15) is 17.0 Å². The molecule has 0 aliphatic heterocycles. The van der Waals surface area contributed by atoms with Gasteiger partial charge in [0, 0.05) is 30.9 Å². The molecule has 2 aromatic rings. The van der Waals surface area contributed by atoms with Crippen LogP contribution >= 0.6 is 0 Å². The van der Waals surface area contributed by atoms with Crippen LogP contribution in [0.3, 0.4) is 0 Å². The average molecular weight is 339 g/mol. The number of aromatic nitrogens is 2. The Morgan fingerprint density at radius 2 is 1.91 bits per heavy atom. The van der Waals surface area contributed by atoms with Gasteiger partial charge >= 0.3 is 0 Å². The van der Waals surface area contributed by atoms with Crippen molar-refractivity contribution >= 4 is 10.0 Å². The normalized spacial score (nSPS) is 11.5. The summed E-state index contributed by atoms with van der Waals surface area (Å²) >= 11 is 0. The maximum atomic E-state index is 12.6. The van der Waals surface area contributed by atoms with Gasteiger partial charge in [0.1, 0.15) is 16.4 Å². The molecule has 7 nitrogen and oxygen atoms in total. The molecule has 0 spiro atoms. The molecule has 1 aromatic heterocycles. The zero-order valence-electron chi connectivity index (χ0n) is 13.9. The standard InChI is InChI=1S/C15H21N3O4S/c1-10-13(11(2)18(3)17-10)9-16-23(19,20)15-7-6-12(21-4)8-14(15)22-5/h6-8,16H,9H2,1-5H3. The third-order valence-electron chi connectivity index (χ3n) is 3.76. The van der Waals surface area contributed by atoms with Crippen molar-refractivity contribution in [1.82, 2.24) is 14.5 Å². The fraction of sp³-hybridized carbons (Fsp3) is 0.400. The number of ether oxygens (including phenoxy) is 2. The van der Waals surface area contributed by atoms with Gasteiger partial charge in [-0.25, -0.2) is 13.1 Å². The summed E-state index contributed by atoms with van der Waals surface area (Å²) in [6, 6.07) is 4.58. The van der Waals surface area contributed by atoms with Gasteiger partial charge in [-0.15, -0.1) is 0 Å². The fourth-order valence-electron chi connectivity index (χ4n) is 2.32. The zero-order valence-corrected chi connectivity index (χ0v) is 14.7. The summed E-state index contributed by atoms with van der Waals surface area (Å²) in [6.45, 7) is 3.92. The molecule has 0 aliphatic carbocycles. The summed E-state index contributed by atoms with van der Waals surface area (Å²) in [6.07, 6.45) is 0. The lowest BCUT2D eigenvalue weighted by Crippen LogP contribution is -2.24. The maximum Gasteiger partial charge on any atom is 0.244 e. The van der Waals surface area contributed by atoms with E-state index in [1.807, 2.05) is 20.9 Å². The fourth-order valence-corrected chi connectivity index (χ4v) is 3.46. The monoisotopic (exact) mass is 339 g/mol. The summed E-state index contributed by atoms with van der Waals surface area (Å²) < 4.78 is 39.7. The topological polar surface area (TPSA) is 82.5 Å². The van der Waals surface area contributed by atoms with E-state index in [1.54, 1.807) is 10.7 Å². The van der Waals surface area contributed by atoms with Gasteiger partial charge in [-0.1, -0.05) is 0 Å². The summed E-state index contributed by atoms with van der Waals surface area (Å²) in [5.41, 5.74) is 2.59. The maximum absolute atomic E-state index is 12.6. The van der Waals surface area contributed by atoms with Gasteiger partial charge < -0.3 is 9.47 Å². The smallest absolute Gasteiger partial charge is 0.244 e. The number of hydrogen-bond donors (Lipinski definition) is 1. The van der Waals surface area contributed by atoms with Crippen LogP contribution in [0.15, 0.2) is 23.1 Å². The van der Waals surface area contributed by atoms with E-state index in [2.05, 4.69) is 9.82 Å². The molecule has 0 radical (unpaired) electrons. The van der Waals surface area contributed by atoms with Gasteiger partial charge in [0.25, 0.3) is 0 Å². The first kappa shape index (κ1) is 17.3. The highest BCUT2D eigenvalue weighted by atomic mass is 32.2. The summed E-state index contributed by atoms with van der Waals surface area (Å²) in [5, 5.41) is 4.28. The summed E-state index contributed by atoms with van der Waals surface area (Å²) in [5.74, 6) is 0.760. The van der Waals surface area contributed by atoms with Crippen molar-refractivity contribution in [2.45, 2.75) is 25.3 Å². The number of nitrogens with zero attached hydrogens (tertiary/aromatic N) is 2. The highest BCUT2D eigenvalue weighted by Gasteiger charge is 2.21. The number of rotatable bonds is 6. The third kappa shape index (κ3) is 3.48. The highest BCUT2D eigenvalue weighted by molar-refractivity contribution is 7.89. The molecule has 0 unspecified atom stereocenters. The second-order valence-electron chi connectivity index (χ2n) is 5.11. The summed E-state index contributed by atoms with van der Waals surface area (Å²) in [4.78, 5) is 0.0694. The molecule has 8 heteroatoms. The molecule has 0 saturated heterocycles. The van der Waals surface area contributed by atoms with Crippen molar-refractivity contribution in [2.24, 2.45) is 7.05 Å². The van der Waals surface area contributed by atoms with Crippen LogP contribution < -0.4 is 14.2 Å². The Hall–Kier alpha value is -2.06. The second-order valence-corrected chi connectivity index (χ2v) is 6.85. The predicted octanol–water partition coefficient (Wildman–Crippen LogP) is 1.53. The Morgan fingerprint density at radius 3 is 2.43 bits per heavy atom. The lowest BCUT2D eigenvalue weighted by molar-refractivity contribution is 0.386. The highest BCUT2D eigenvalue weighted by Crippen LogP contribution is 2.28. The van der Waals surface area contributed by atoms with Crippen LogP contribution in [-0.4, -0.2) is 32.4 Å². The van der Waals surface area contributed by atoms with Crippen molar-refractivity contribution in [1.29, 1.82) is 0 Å². The van der Waals surface area contributed by atoms with Gasteiger partial charge in [0.2, 0.25) is 10.0 Å². The molecule has 1 heterocycles. The molecule has 0 saturated carbocycles. The number of methoxy groups -OCH3 is 2. The first-order chi connectivity index (χ1) is 10.8. The van der Waals surface area contributed by atoms with E-state index >= 15 is 0 Å². The molecule has 0 fully saturated rings. The molecule has 0 aliphatic rings. The van der Waals surface area contributed by atoms with E-state index in [4.69, 9.17) is 9.47 Å². The average Bonchev–Trinajstić information content (AvgIpc) is 2.77. The molecular weight excluding hydrogens is 318 g/mol. The molecule has 0 bridgehead atoms. The minimum absolute atomic E-state index is 0.0694. The van der Waals surface area contributed by atoms with Crippen molar-refractivity contribution in [3.8, 4) is 11.5 Å². The number of sulfonamides is 1. The van der Waals surface area contributed by atoms with Crippen LogP contribution in [0.2, 0.25) is 0 Å². The van der Waals surface area contributed by atoms with Crippen LogP contribution in [-0.2, 0) is 23.6 Å². The van der Waals surface area contributed by atoms with Crippen LogP contribution in [0.5, 0.6) is 11.5 Å². The summed E-state index contributed by atoms with van der Waals surface area (Å²) in [7, 11) is 1.04. The van der Waals surface area contributed by atoms with Crippen LogP contribution in [0.25, 0.3) is 0 Å². The molecule has 0 amide bonds. The number of nitrogens with one attached hydrogen (secondary N) is 1. The molecular formula is C15H21N3O4S. The quantitative estimate of drug-likeness (QED) is 0.863. The van der Waals surface area contributed by atoms with Gasteiger partial charge in [-0.3, -0.25) is 4.68 Å². The van der Waals surface area contributed by atoms with Crippen molar-refractivity contribution in [3.05, 3.63) is 35.2 Å². The lowest BCUT2D eigenvalue weighted by Gasteiger charge is -2.12. The first-order valence-electron chi connectivity index (χ1n) is 7.01.